The molecule has 0 fully saturated rings. The number of nitrogens with two attached hydrogens (primary N) is 2. The van der Waals surface area contributed by atoms with Crippen LogP contribution in [0.25, 0.3) is 0 Å². The number of hydrogen-bond acceptors (Lipinski definition) is 5. The van der Waals surface area contributed by atoms with Gasteiger partial charge in [0, 0.05) is 11.3 Å². The summed E-state index contributed by atoms with van der Waals surface area (Å²) in [5.41, 5.74) is 11.8. The van der Waals surface area contributed by atoms with Crippen molar-refractivity contribution >= 4 is 23.7 Å². The number of aliphatic hydroxyl groups is 1. The predicted octanol–water partition coefficient (Wildman–Crippen LogP) is 4.50. The van der Waals surface area contributed by atoms with Crippen LogP contribution in [-0.2, 0) is 24.9 Å². The minimum absolute atomic E-state index is 0.438. The minimum Gasteiger partial charge on any atom is -0.453 e. The van der Waals surface area contributed by atoms with Crippen molar-refractivity contribution in [3.05, 3.63) is 45.7 Å². The van der Waals surface area contributed by atoms with Crippen molar-refractivity contribution in [3.8, 4) is 0 Å². The summed E-state index contributed by atoms with van der Waals surface area (Å²) in [5.74, 6) is 1.26. The normalized spacial score (nSPS) is 17.4. The Labute approximate surface area is 176 Å². The molecule has 0 spiro atoms. The van der Waals surface area contributed by atoms with Gasteiger partial charge in [0.15, 0.2) is 5.09 Å². The Kier molecular flexibility index (Phi) is 6.31. The quantitative estimate of drug-likeness (QED) is 0.549. The molecule has 29 heavy (non-hydrogen) atoms. The first-order valence-corrected chi connectivity index (χ1v) is 10.9. The molecule has 7 heteroatoms. The maximum Gasteiger partial charge on any atom is 0.316 e. The van der Waals surface area contributed by atoms with Crippen LogP contribution < -0.4 is 16.2 Å². The van der Waals surface area contributed by atoms with Gasteiger partial charge in [-0.2, -0.15) is 0 Å². The maximum absolute atomic E-state index is 11.2. The lowest BCUT2D eigenvalue weighted by molar-refractivity contribution is 0.0769. The lowest BCUT2D eigenvalue weighted by Crippen LogP contribution is -2.21. The first kappa shape index (κ1) is 21.7. The molecule has 0 radical (unpaired) electrons. The summed E-state index contributed by atoms with van der Waals surface area (Å²) < 4.78 is 5.27. The van der Waals surface area contributed by atoms with Crippen LogP contribution in [0.15, 0.2) is 21.6 Å². The number of rotatable bonds is 3. The van der Waals surface area contributed by atoms with E-state index in [1.807, 2.05) is 6.92 Å². The third kappa shape index (κ3) is 4.63. The minimum atomic E-state index is -0.860. The molecule has 0 aliphatic heterocycles. The fourth-order valence-corrected chi connectivity index (χ4v) is 4.85. The largest absolute Gasteiger partial charge is 0.453 e. The van der Waals surface area contributed by atoms with Crippen molar-refractivity contribution in [3.63, 3.8) is 0 Å². The number of primary amides is 1. The summed E-state index contributed by atoms with van der Waals surface area (Å²) in [6.07, 6.45) is 5.73. The zero-order valence-corrected chi connectivity index (χ0v) is 18.4. The van der Waals surface area contributed by atoms with Gasteiger partial charge in [0.05, 0.1) is 5.60 Å². The second kappa shape index (κ2) is 8.42. The van der Waals surface area contributed by atoms with Crippen LogP contribution in [0, 0.1) is 6.92 Å². The number of hydrogen-bond donors (Lipinski definition) is 4. The Bertz CT molecular complexity index is 915. The molecule has 4 rings (SSSR count). The van der Waals surface area contributed by atoms with E-state index in [0.717, 1.165) is 48.2 Å². The van der Waals surface area contributed by atoms with E-state index < -0.39 is 11.6 Å². The van der Waals surface area contributed by atoms with E-state index in [9.17, 15) is 9.90 Å². The number of amides is 2. The van der Waals surface area contributed by atoms with Crippen molar-refractivity contribution in [2.45, 2.75) is 76.4 Å². The Hall–Kier alpha value is -1.96. The number of carbonyl (C=O) groups is 1. The van der Waals surface area contributed by atoms with Crippen LogP contribution in [0.2, 0.25) is 0 Å². The summed E-state index contributed by atoms with van der Waals surface area (Å²) in [6, 6.07) is 3.68. The highest BCUT2D eigenvalue weighted by molar-refractivity contribution is 7.96. The third-order valence-corrected chi connectivity index (χ3v) is 6.22. The van der Waals surface area contributed by atoms with Crippen molar-refractivity contribution in [1.82, 2.24) is 0 Å². The second-order valence-corrected chi connectivity index (χ2v) is 9.09. The smallest absolute Gasteiger partial charge is 0.316 e. The van der Waals surface area contributed by atoms with Gasteiger partial charge in [0.1, 0.15) is 5.76 Å². The van der Waals surface area contributed by atoms with Gasteiger partial charge in [-0.15, -0.1) is 0 Å². The number of urea groups is 1. The number of furan rings is 1. The first-order valence-electron chi connectivity index (χ1n) is 10.1. The van der Waals surface area contributed by atoms with Gasteiger partial charge in [0.25, 0.3) is 0 Å². The molecule has 1 aromatic carbocycles. The van der Waals surface area contributed by atoms with E-state index in [4.69, 9.17) is 15.3 Å². The monoisotopic (exact) mass is 417 g/mol. The fourth-order valence-electron chi connectivity index (χ4n) is 4.50. The average molecular weight is 418 g/mol. The summed E-state index contributed by atoms with van der Waals surface area (Å²) in [6.45, 7) is 7.48. The van der Waals surface area contributed by atoms with E-state index in [0.29, 0.717) is 11.0 Å². The maximum atomic E-state index is 11.2. The van der Waals surface area contributed by atoms with Gasteiger partial charge in [-0.3, -0.25) is 5.14 Å². The van der Waals surface area contributed by atoms with Crippen LogP contribution in [-0.4, -0.2) is 11.1 Å². The van der Waals surface area contributed by atoms with Crippen molar-refractivity contribution < 1.29 is 14.3 Å². The third-order valence-electron chi connectivity index (χ3n) is 5.78. The molecule has 1 aromatic heterocycles. The molecule has 2 aliphatic carbocycles. The Morgan fingerprint density at radius 1 is 1.28 bits per heavy atom. The number of nitrogens with one attached hydrogen (secondary N) is 1. The van der Waals surface area contributed by atoms with E-state index in [-0.39, 0.29) is 0 Å². The number of carbonyl (C=O) groups excluding carboxylic acids is 1. The summed E-state index contributed by atoms with van der Waals surface area (Å²) in [4.78, 5) is 11.2. The Morgan fingerprint density at radius 2 is 2.00 bits per heavy atom. The van der Waals surface area contributed by atoms with Crippen LogP contribution in [0.4, 0.5) is 10.5 Å². The van der Waals surface area contributed by atoms with E-state index >= 15 is 0 Å². The number of fused-ring (bicyclic) bond motifs is 2. The number of aryl methyl sites for hydroxylation is 3. The summed E-state index contributed by atoms with van der Waals surface area (Å²) >= 11 is 1.04. The molecule has 2 aromatic rings. The van der Waals surface area contributed by atoms with Gasteiger partial charge < -0.3 is 20.6 Å². The van der Waals surface area contributed by atoms with Gasteiger partial charge in [-0.25, -0.2) is 4.79 Å². The number of benzene rings is 1. The molecule has 158 valence electrons. The van der Waals surface area contributed by atoms with Crippen LogP contribution >= 0.6 is 11.9 Å². The molecule has 2 amide bonds. The fraction of sp³-hybridized carbons (Fsp3) is 0.500. The zero-order chi connectivity index (χ0) is 21.3. The lowest BCUT2D eigenvalue weighted by atomic mass is 9.95. The van der Waals surface area contributed by atoms with Crippen LogP contribution in [0.1, 0.15) is 73.1 Å². The lowest BCUT2D eigenvalue weighted by Gasteiger charge is -2.17. The predicted molar refractivity (Wildman–Crippen MR) is 117 cm³/mol. The zero-order valence-electron chi connectivity index (χ0n) is 17.6. The highest BCUT2D eigenvalue weighted by Crippen LogP contribution is 2.43. The standard InChI is InChI=1S/C14H18N2O.C8H13NO2S/c1-8-5-6-10-7-9-3-2-4-11(9)13(12(8)10)16-14(15)17;1-5-6(8(2,3)10)4-7(11-5)12-9/h7-8H,2-6H2,1H3,(H3,15,16,17);4,10H,9H2,1-3H3. The molecule has 0 bridgehead atoms. The van der Waals surface area contributed by atoms with Gasteiger partial charge in [0.2, 0.25) is 0 Å². The SMILES string of the molecule is CC1CCc2cc3c(c(NC(N)=O)c21)CCC3.Cc1oc(SN)cc1C(C)(C)O. The van der Waals surface area contributed by atoms with Crippen molar-refractivity contribution in [1.29, 1.82) is 0 Å². The van der Waals surface area contributed by atoms with Crippen molar-refractivity contribution in [2.24, 2.45) is 10.9 Å². The van der Waals surface area contributed by atoms with Gasteiger partial charge in [-0.1, -0.05) is 13.0 Å². The number of anilines is 1. The summed E-state index contributed by atoms with van der Waals surface area (Å²) in [5, 5.41) is 18.5. The molecular formula is C22H31N3O3S. The molecular weight excluding hydrogens is 386 g/mol. The molecule has 0 saturated heterocycles. The van der Waals surface area contributed by atoms with E-state index in [1.165, 1.54) is 35.1 Å². The summed E-state index contributed by atoms with van der Waals surface area (Å²) in [7, 11) is 0. The molecule has 6 N–H and O–H groups in total. The molecule has 2 aliphatic rings. The second-order valence-electron chi connectivity index (χ2n) is 8.46. The topological polar surface area (TPSA) is 115 Å². The molecule has 0 saturated carbocycles. The van der Waals surface area contributed by atoms with E-state index in [2.05, 4.69) is 18.3 Å². The molecule has 1 heterocycles. The highest BCUT2D eigenvalue weighted by atomic mass is 32.2. The Balaban J connectivity index is 0.000000177. The van der Waals surface area contributed by atoms with Crippen molar-refractivity contribution in [2.75, 3.05) is 5.32 Å². The van der Waals surface area contributed by atoms with Crippen LogP contribution in [0.3, 0.4) is 0 Å². The Morgan fingerprint density at radius 3 is 2.55 bits per heavy atom. The van der Waals surface area contributed by atoms with Crippen LogP contribution in [0.5, 0.6) is 0 Å². The van der Waals surface area contributed by atoms with E-state index in [1.54, 1.807) is 19.9 Å². The first-order chi connectivity index (χ1) is 13.6. The molecule has 1 atom stereocenters. The van der Waals surface area contributed by atoms with Gasteiger partial charge in [-0.05, 0) is 99.1 Å². The average Bonchev–Trinajstić information content (AvgIpc) is 3.33. The highest BCUT2D eigenvalue weighted by Gasteiger charge is 2.28. The van der Waals surface area contributed by atoms with Gasteiger partial charge >= 0.3 is 6.03 Å². The molecule has 1 unspecified atom stereocenters. The molecule has 6 nitrogen and oxygen atoms in total.